The molecule has 37 heavy (non-hydrogen) atoms. The Labute approximate surface area is 220 Å². The smallest absolute Gasteiger partial charge is 0.210 e. The first kappa shape index (κ1) is 25.4. The Morgan fingerprint density at radius 3 is 1.95 bits per heavy atom. The summed E-state index contributed by atoms with van der Waals surface area (Å²) in [6.45, 7) is 5.28. The van der Waals surface area contributed by atoms with Gasteiger partial charge in [-0.1, -0.05) is 12.1 Å². The van der Waals surface area contributed by atoms with Crippen molar-refractivity contribution in [3.63, 3.8) is 0 Å². The van der Waals surface area contributed by atoms with E-state index in [1.54, 1.807) is 19.2 Å². The van der Waals surface area contributed by atoms with E-state index in [-0.39, 0.29) is 9.79 Å². The van der Waals surface area contributed by atoms with Crippen LogP contribution in [0.5, 0.6) is 11.5 Å². The number of likely N-dealkylation sites (N-methyl/N-ethyl adjacent to an activating group) is 1. The van der Waals surface area contributed by atoms with Gasteiger partial charge in [0, 0.05) is 45.0 Å². The summed E-state index contributed by atoms with van der Waals surface area (Å²) in [5, 5.41) is 0. The van der Waals surface area contributed by atoms with Crippen molar-refractivity contribution >= 4 is 21.2 Å². The van der Waals surface area contributed by atoms with Crippen molar-refractivity contribution < 1.29 is 17.9 Å². The molecule has 0 saturated carbocycles. The molecule has 0 atom stereocenters. The SMILES string of the molecule is COc1ccccc1N1CCN(c2ccc(S(=O)(=O)c3cc4c(cc3OC)CCN(C)CC4)cc2)CC1. The van der Waals surface area contributed by atoms with Crippen LogP contribution in [0.25, 0.3) is 0 Å². The highest BCUT2D eigenvalue weighted by atomic mass is 32.2. The van der Waals surface area contributed by atoms with E-state index in [1.165, 1.54) is 12.7 Å². The highest BCUT2D eigenvalue weighted by Gasteiger charge is 2.26. The van der Waals surface area contributed by atoms with Crippen LogP contribution in [0.1, 0.15) is 11.1 Å². The van der Waals surface area contributed by atoms with Gasteiger partial charge < -0.3 is 24.2 Å². The minimum absolute atomic E-state index is 0.247. The second kappa shape index (κ2) is 10.6. The lowest BCUT2D eigenvalue weighted by molar-refractivity contribution is 0.352. The summed E-state index contributed by atoms with van der Waals surface area (Å²) in [6.07, 6.45) is 1.72. The van der Waals surface area contributed by atoms with Gasteiger partial charge in [0.15, 0.2) is 0 Å². The highest BCUT2D eigenvalue weighted by Crippen LogP contribution is 2.35. The summed E-state index contributed by atoms with van der Waals surface area (Å²) < 4.78 is 38.4. The number of benzene rings is 3. The number of rotatable bonds is 6. The van der Waals surface area contributed by atoms with Crippen molar-refractivity contribution in [1.82, 2.24) is 4.90 Å². The van der Waals surface area contributed by atoms with Gasteiger partial charge in [-0.05, 0) is 79.5 Å². The Morgan fingerprint density at radius 1 is 0.703 bits per heavy atom. The number of para-hydroxylation sites is 2. The van der Waals surface area contributed by atoms with Gasteiger partial charge in [0.2, 0.25) is 9.84 Å². The average Bonchev–Trinajstić information content (AvgIpc) is 3.13. The first-order chi connectivity index (χ1) is 17.9. The minimum atomic E-state index is -3.72. The molecule has 5 rings (SSSR count). The lowest BCUT2D eigenvalue weighted by Crippen LogP contribution is -2.46. The third-order valence-electron chi connectivity index (χ3n) is 7.52. The fraction of sp³-hybridized carbons (Fsp3) is 0.379. The summed E-state index contributed by atoms with van der Waals surface area (Å²) in [4.78, 5) is 7.43. The molecule has 2 aliphatic rings. The molecule has 2 heterocycles. The first-order valence-corrected chi connectivity index (χ1v) is 14.3. The summed E-state index contributed by atoms with van der Waals surface area (Å²) in [5.41, 5.74) is 4.39. The highest BCUT2D eigenvalue weighted by molar-refractivity contribution is 7.91. The fourth-order valence-corrected chi connectivity index (χ4v) is 6.73. The molecule has 3 aromatic carbocycles. The van der Waals surface area contributed by atoms with Crippen LogP contribution in [-0.4, -0.2) is 73.9 Å². The third-order valence-corrected chi connectivity index (χ3v) is 9.31. The van der Waals surface area contributed by atoms with Gasteiger partial charge in [-0.25, -0.2) is 8.42 Å². The molecule has 0 spiro atoms. The van der Waals surface area contributed by atoms with E-state index in [2.05, 4.69) is 27.8 Å². The van der Waals surface area contributed by atoms with Gasteiger partial charge in [-0.15, -0.1) is 0 Å². The van der Waals surface area contributed by atoms with Gasteiger partial charge in [-0.2, -0.15) is 0 Å². The Balaban J connectivity index is 1.33. The Hall–Kier alpha value is -3.23. The molecule has 0 radical (unpaired) electrons. The normalized spacial score (nSPS) is 16.7. The molecule has 0 aliphatic carbocycles. The van der Waals surface area contributed by atoms with Gasteiger partial charge in [0.1, 0.15) is 16.4 Å². The number of hydrogen-bond acceptors (Lipinski definition) is 7. The van der Waals surface area contributed by atoms with Crippen LogP contribution in [0.3, 0.4) is 0 Å². The largest absolute Gasteiger partial charge is 0.495 e. The quantitative estimate of drug-likeness (QED) is 0.488. The number of fused-ring (bicyclic) bond motifs is 1. The maximum atomic E-state index is 13.7. The molecule has 2 aliphatic heterocycles. The Kier molecular flexibility index (Phi) is 7.31. The molecule has 8 heteroatoms. The lowest BCUT2D eigenvalue weighted by atomic mass is 10.0. The fourth-order valence-electron chi connectivity index (χ4n) is 5.27. The van der Waals surface area contributed by atoms with E-state index in [4.69, 9.17) is 9.47 Å². The zero-order valence-electron chi connectivity index (χ0n) is 21.8. The van der Waals surface area contributed by atoms with Crippen LogP contribution in [0, 0.1) is 0 Å². The number of anilines is 2. The van der Waals surface area contributed by atoms with Crippen LogP contribution in [-0.2, 0) is 22.7 Å². The van der Waals surface area contributed by atoms with E-state index < -0.39 is 9.84 Å². The monoisotopic (exact) mass is 521 g/mol. The standard InChI is InChI=1S/C29H35N3O4S/c1-30-14-12-22-20-28(36-3)29(21-23(22)13-15-30)37(33,34)25-10-8-24(9-11-25)31-16-18-32(19-17-31)26-6-4-5-7-27(26)35-2/h4-11,20-21H,12-19H2,1-3H3. The first-order valence-electron chi connectivity index (χ1n) is 12.8. The van der Waals surface area contributed by atoms with Crippen LogP contribution in [0.4, 0.5) is 11.4 Å². The maximum absolute atomic E-state index is 13.7. The van der Waals surface area contributed by atoms with Crippen LogP contribution in [0.15, 0.2) is 70.5 Å². The number of methoxy groups -OCH3 is 2. The average molecular weight is 522 g/mol. The van der Waals surface area contributed by atoms with Crippen molar-refractivity contribution in [2.24, 2.45) is 0 Å². The minimum Gasteiger partial charge on any atom is -0.495 e. The number of piperazine rings is 1. The lowest BCUT2D eigenvalue weighted by Gasteiger charge is -2.37. The molecule has 196 valence electrons. The predicted molar refractivity (Wildman–Crippen MR) is 147 cm³/mol. The molecular weight excluding hydrogens is 486 g/mol. The van der Waals surface area contributed by atoms with Gasteiger partial charge in [0.05, 0.1) is 24.8 Å². The molecule has 0 amide bonds. The van der Waals surface area contributed by atoms with Gasteiger partial charge >= 0.3 is 0 Å². The summed E-state index contributed by atoms with van der Waals surface area (Å²) >= 11 is 0. The molecule has 0 aromatic heterocycles. The summed E-state index contributed by atoms with van der Waals surface area (Å²) in [6, 6.07) is 19.1. The Bertz CT molecular complexity index is 1350. The molecule has 1 fully saturated rings. The third kappa shape index (κ3) is 5.13. The van der Waals surface area contributed by atoms with Crippen molar-refractivity contribution in [3.8, 4) is 11.5 Å². The molecule has 0 N–H and O–H groups in total. The van der Waals surface area contributed by atoms with Crippen molar-refractivity contribution in [1.29, 1.82) is 0 Å². The van der Waals surface area contributed by atoms with Crippen molar-refractivity contribution in [3.05, 3.63) is 71.8 Å². The van der Waals surface area contributed by atoms with Gasteiger partial charge in [-0.3, -0.25) is 0 Å². The van der Waals surface area contributed by atoms with Gasteiger partial charge in [0.25, 0.3) is 0 Å². The Morgan fingerprint density at radius 2 is 1.30 bits per heavy atom. The van der Waals surface area contributed by atoms with Crippen LogP contribution in [0.2, 0.25) is 0 Å². The molecule has 0 unspecified atom stereocenters. The van der Waals surface area contributed by atoms with Crippen molar-refractivity contribution in [2.45, 2.75) is 22.6 Å². The van der Waals surface area contributed by atoms with E-state index in [1.807, 2.05) is 42.5 Å². The molecule has 7 nitrogen and oxygen atoms in total. The number of ether oxygens (including phenoxy) is 2. The molecule has 3 aromatic rings. The maximum Gasteiger partial charge on any atom is 0.210 e. The zero-order chi connectivity index (χ0) is 26.0. The second-order valence-electron chi connectivity index (χ2n) is 9.72. The topological polar surface area (TPSA) is 62.3 Å². The van der Waals surface area contributed by atoms with E-state index in [9.17, 15) is 8.42 Å². The van der Waals surface area contributed by atoms with Crippen LogP contribution < -0.4 is 19.3 Å². The molecule has 0 bridgehead atoms. The number of sulfone groups is 1. The summed E-state index contributed by atoms with van der Waals surface area (Å²) in [5.74, 6) is 1.30. The van der Waals surface area contributed by atoms with Crippen LogP contribution >= 0.6 is 0 Å². The van der Waals surface area contributed by atoms with E-state index in [0.717, 1.165) is 74.8 Å². The zero-order valence-corrected chi connectivity index (χ0v) is 22.6. The summed E-state index contributed by atoms with van der Waals surface area (Å²) in [7, 11) is 1.62. The second-order valence-corrected chi connectivity index (χ2v) is 11.6. The number of nitrogens with zero attached hydrogens (tertiary/aromatic N) is 3. The molecule has 1 saturated heterocycles. The number of hydrogen-bond donors (Lipinski definition) is 0. The van der Waals surface area contributed by atoms with E-state index >= 15 is 0 Å². The van der Waals surface area contributed by atoms with E-state index in [0.29, 0.717) is 5.75 Å². The van der Waals surface area contributed by atoms with Crippen molar-refractivity contribution in [2.75, 3.05) is 70.3 Å². The molecular formula is C29H35N3O4S. The predicted octanol–water partition coefficient (Wildman–Crippen LogP) is 3.89.